The van der Waals surface area contributed by atoms with Crippen molar-refractivity contribution in [2.45, 2.75) is 244 Å². The van der Waals surface area contributed by atoms with E-state index < -0.39 is 24.2 Å². The second-order valence-electron chi connectivity index (χ2n) is 15.2. The molecular formula is C46H87NO4. The number of carbonyl (C=O) groups is 1. The first kappa shape index (κ1) is 49.6. The van der Waals surface area contributed by atoms with Crippen LogP contribution in [0.15, 0.2) is 36.5 Å². The molecule has 1 amide bonds. The minimum atomic E-state index is -1.11. The Bertz CT molecular complexity index is 794. The summed E-state index contributed by atoms with van der Waals surface area (Å²) < 4.78 is 0. The Hall–Kier alpha value is -1.43. The molecule has 0 aliphatic heterocycles. The lowest BCUT2D eigenvalue weighted by atomic mass is 10.0. The Labute approximate surface area is 317 Å². The van der Waals surface area contributed by atoms with Crippen molar-refractivity contribution < 1.29 is 20.1 Å². The molecule has 0 bridgehead atoms. The summed E-state index contributed by atoms with van der Waals surface area (Å²) in [5.41, 5.74) is 0. The van der Waals surface area contributed by atoms with Crippen LogP contribution in [-0.2, 0) is 4.79 Å². The number of amides is 1. The number of rotatable bonds is 40. The number of aliphatic hydroxyl groups excluding tert-OH is 3. The van der Waals surface area contributed by atoms with Crippen molar-refractivity contribution in [3.63, 3.8) is 0 Å². The van der Waals surface area contributed by atoms with E-state index in [2.05, 4.69) is 43.5 Å². The molecule has 0 fully saturated rings. The maximum atomic E-state index is 12.4. The van der Waals surface area contributed by atoms with E-state index in [1.165, 1.54) is 161 Å². The molecule has 0 saturated carbocycles. The highest BCUT2D eigenvalue weighted by Gasteiger charge is 2.22. The van der Waals surface area contributed by atoms with E-state index in [-0.39, 0.29) is 6.61 Å². The third kappa shape index (κ3) is 36.7. The van der Waals surface area contributed by atoms with Crippen LogP contribution in [0.3, 0.4) is 0 Å². The Morgan fingerprint density at radius 3 is 1.20 bits per heavy atom. The van der Waals surface area contributed by atoms with Gasteiger partial charge in [0.25, 0.3) is 0 Å². The zero-order chi connectivity index (χ0) is 37.3. The molecule has 0 aromatic rings. The summed E-state index contributed by atoms with van der Waals surface area (Å²) >= 11 is 0. The molecule has 0 spiro atoms. The smallest absolute Gasteiger partial charge is 0.249 e. The largest absolute Gasteiger partial charge is 0.394 e. The van der Waals surface area contributed by atoms with Crippen molar-refractivity contribution >= 4 is 5.91 Å². The Balaban J connectivity index is 3.73. The second kappa shape index (κ2) is 41.3. The van der Waals surface area contributed by atoms with E-state index in [1.54, 1.807) is 6.08 Å². The number of carbonyl (C=O) groups excluding carboxylic acids is 1. The van der Waals surface area contributed by atoms with Gasteiger partial charge < -0.3 is 20.6 Å². The van der Waals surface area contributed by atoms with Gasteiger partial charge in [0.15, 0.2) is 0 Å². The van der Waals surface area contributed by atoms with Gasteiger partial charge in [0.2, 0.25) is 5.91 Å². The Kier molecular flexibility index (Phi) is 40.2. The molecule has 0 aliphatic carbocycles. The van der Waals surface area contributed by atoms with Crippen LogP contribution in [0.4, 0.5) is 0 Å². The predicted octanol–water partition coefficient (Wildman–Crippen LogP) is 12.8. The van der Waals surface area contributed by atoms with E-state index in [0.717, 1.165) is 44.9 Å². The highest BCUT2D eigenvalue weighted by molar-refractivity contribution is 5.80. The van der Waals surface area contributed by atoms with Crippen molar-refractivity contribution in [2.24, 2.45) is 0 Å². The average Bonchev–Trinajstić information content (AvgIpc) is 3.13. The van der Waals surface area contributed by atoms with Crippen molar-refractivity contribution in [2.75, 3.05) is 6.61 Å². The van der Waals surface area contributed by atoms with Gasteiger partial charge >= 0.3 is 0 Å². The van der Waals surface area contributed by atoms with Crippen LogP contribution in [0, 0.1) is 0 Å². The number of allylic oxidation sites excluding steroid dienone is 5. The van der Waals surface area contributed by atoms with Gasteiger partial charge in [-0.2, -0.15) is 0 Å². The lowest BCUT2D eigenvalue weighted by molar-refractivity contribution is -0.131. The minimum Gasteiger partial charge on any atom is -0.394 e. The lowest BCUT2D eigenvalue weighted by Gasteiger charge is -2.21. The molecule has 5 nitrogen and oxygen atoms in total. The fraction of sp³-hybridized carbons (Fsp3) is 0.848. The highest BCUT2D eigenvalue weighted by Crippen LogP contribution is 2.15. The normalized spacial score (nSPS) is 13.9. The summed E-state index contributed by atoms with van der Waals surface area (Å²) in [7, 11) is 0. The zero-order valence-electron chi connectivity index (χ0n) is 34.0. The molecule has 4 N–H and O–H groups in total. The lowest BCUT2D eigenvalue weighted by Crippen LogP contribution is -2.48. The summed E-state index contributed by atoms with van der Waals surface area (Å²) in [6, 6.07) is -0.818. The van der Waals surface area contributed by atoms with Crippen molar-refractivity contribution in [3.8, 4) is 0 Å². The van der Waals surface area contributed by atoms with E-state index in [4.69, 9.17) is 0 Å². The van der Waals surface area contributed by atoms with Gasteiger partial charge in [-0.15, -0.1) is 0 Å². The van der Waals surface area contributed by atoms with Crippen LogP contribution in [-0.4, -0.2) is 46.1 Å². The first-order valence-corrected chi connectivity index (χ1v) is 22.3. The number of hydrogen-bond donors (Lipinski definition) is 4. The van der Waals surface area contributed by atoms with Crippen LogP contribution >= 0.6 is 0 Å². The molecule has 0 aromatic heterocycles. The number of aliphatic hydroxyl groups is 3. The average molecular weight is 718 g/mol. The van der Waals surface area contributed by atoms with Gasteiger partial charge in [-0.05, 0) is 44.9 Å². The van der Waals surface area contributed by atoms with Crippen molar-refractivity contribution in [3.05, 3.63) is 36.5 Å². The van der Waals surface area contributed by atoms with Gasteiger partial charge in [-0.1, -0.05) is 217 Å². The number of unbranched alkanes of at least 4 members (excludes halogenated alkanes) is 28. The van der Waals surface area contributed by atoms with E-state index in [1.807, 2.05) is 6.08 Å². The van der Waals surface area contributed by atoms with Crippen LogP contribution < -0.4 is 5.32 Å². The van der Waals surface area contributed by atoms with E-state index in [9.17, 15) is 20.1 Å². The third-order valence-corrected chi connectivity index (χ3v) is 10.2. The predicted molar refractivity (Wildman–Crippen MR) is 222 cm³/mol. The maximum Gasteiger partial charge on any atom is 0.249 e. The minimum absolute atomic E-state index is 0.379. The summed E-state index contributed by atoms with van der Waals surface area (Å²) in [4.78, 5) is 12.4. The van der Waals surface area contributed by atoms with E-state index in [0.29, 0.717) is 6.42 Å². The molecule has 0 radical (unpaired) electrons. The molecule has 3 unspecified atom stereocenters. The number of nitrogens with one attached hydrogen (secondary N) is 1. The molecule has 5 heteroatoms. The quantitative estimate of drug-likeness (QED) is 0.0375. The molecule has 3 atom stereocenters. The fourth-order valence-corrected chi connectivity index (χ4v) is 6.69. The maximum absolute atomic E-state index is 12.4. The topological polar surface area (TPSA) is 89.8 Å². The molecule has 0 heterocycles. The van der Waals surface area contributed by atoms with Crippen LogP contribution in [0.5, 0.6) is 0 Å². The molecule has 0 aliphatic rings. The summed E-state index contributed by atoms with van der Waals surface area (Å²) in [5.74, 6) is -0.516. The van der Waals surface area contributed by atoms with Gasteiger partial charge in [0.1, 0.15) is 6.10 Å². The Morgan fingerprint density at radius 2 is 0.804 bits per heavy atom. The van der Waals surface area contributed by atoms with Crippen molar-refractivity contribution in [1.82, 2.24) is 5.32 Å². The zero-order valence-corrected chi connectivity index (χ0v) is 34.0. The van der Waals surface area contributed by atoms with Gasteiger partial charge in [0, 0.05) is 0 Å². The molecule has 300 valence electrons. The molecule has 51 heavy (non-hydrogen) atoms. The monoisotopic (exact) mass is 718 g/mol. The number of hydrogen-bond acceptors (Lipinski definition) is 4. The van der Waals surface area contributed by atoms with Gasteiger partial charge in [-0.3, -0.25) is 4.79 Å². The molecule has 0 aromatic carbocycles. The standard InChI is InChI=1S/C46H87NO4/c1-3-5-7-9-11-13-15-17-19-20-21-22-23-24-25-27-28-30-32-34-36-38-40-44(49)43(42-48)47-46(51)45(50)41-39-37-35-33-31-29-26-18-16-14-12-10-8-6-4-2/h24-25,30,32,38,40,43-45,48-50H,3-23,26-29,31,33-37,39,41-42H2,1-2H3,(H,47,51)/b25-24+,32-30+,40-38+. The third-order valence-electron chi connectivity index (χ3n) is 10.2. The molecule has 0 saturated heterocycles. The summed E-state index contributed by atoms with van der Waals surface area (Å²) in [6.45, 7) is 4.17. The highest BCUT2D eigenvalue weighted by atomic mass is 16.3. The first-order valence-electron chi connectivity index (χ1n) is 22.3. The fourth-order valence-electron chi connectivity index (χ4n) is 6.69. The van der Waals surface area contributed by atoms with Crippen molar-refractivity contribution in [1.29, 1.82) is 0 Å². The van der Waals surface area contributed by atoms with Crippen LogP contribution in [0.25, 0.3) is 0 Å². The molecular weight excluding hydrogens is 631 g/mol. The molecule has 0 rings (SSSR count). The van der Waals surface area contributed by atoms with Crippen LogP contribution in [0.2, 0.25) is 0 Å². The summed E-state index contributed by atoms with van der Waals surface area (Å²) in [5, 5.41) is 33.1. The van der Waals surface area contributed by atoms with Gasteiger partial charge in [0.05, 0.1) is 18.8 Å². The van der Waals surface area contributed by atoms with E-state index >= 15 is 0 Å². The first-order chi connectivity index (χ1) is 25.1. The SMILES string of the molecule is CCCCCCCCCCCCCC/C=C/CC/C=C/CC/C=C/C(O)C(CO)NC(=O)C(O)CCCCCCCCCCCCCCCCC. The van der Waals surface area contributed by atoms with Crippen LogP contribution in [0.1, 0.15) is 226 Å². The second-order valence-corrected chi connectivity index (χ2v) is 15.2. The summed E-state index contributed by atoms with van der Waals surface area (Å²) in [6.07, 6.45) is 51.8. The Morgan fingerprint density at radius 1 is 0.471 bits per heavy atom. The van der Waals surface area contributed by atoms with Gasteiger partial charge in [-0.25, -0.2) is 0 Å².